The molecule has 0 saturated carbocycles. The third-order valence-corrected chi connectivity index (χ3v) is 12.5. The van der Waals surface area contributed by atoms with Crippen LogP contribution in [0.1, 0.15) is 77.0 Å². The van der Waals surface area contributed by atoms with Crippen LogP contribution in [0.15, 0.2) is 168 Å². The average Bonchev–Trinajstić information content (AvgIpc) is 3.89. The van der Waals surface area contributed by atoms with E-state index in [1.165, 1.54) is 67.2 Å². The molecule has 4 nitrogen and oxygen atoms in total. The summed E-state index contributed by atoms with van der Waals surface area (Å²) in [7, 11) is 0. The molecule has 0 fully saturated rings. The number of imidazole rings is 1. The molecule has 0 unspecified atom stereocenters. The van der Waals surface area contributed by atoms with Gasteiger partial charge in [0, 0.05) is 43.2 Å². The van der Waals surface area contributed by atoms with Gasteiger partial charge in [-0.25, -0.2) is 0 Å². The zero-order chi connectivity index (χ0) is 45.0. The molecule has 329 valence electrons. The summed E-state index contributed by atoms with van der Waals surface area (Å²) in [5.74, 6) is 1.12. The monoisotopic (exact) mass is 1040 g/mol. The topological polar surface area (TPSA) is 43.9 Å². The van der Waals surface area contributed by atoms with Gasteiger partial charge in [-0.05, 0) is 109 Å². The molecule has 1 radical (unpaired) electrons. The number of halogens is 1. The molecular weight excluding hydrogens is 990 g/mol. The van der Waals surface area contributed by atoms with Gasteiger partial charge in [-0.1, -0.05) is 150 Å². The van der Waals surface area contributed by atoms with E-state index in [0.29, 0.717) is 0 Å². The molecule has 0 saturated heterocycles. The first kappa shape index (κ1) is 44.5. The molecule has 0 amide bonds. The van der Waals surface area contributed by atoms with Gasteiger partial charge in [-0.3, -0.25) is 9.37 Å². The fourth-order valence-corrected chi connectivity index (χ4v) is 9.01. The van der Waals surface area contributed by atoms with E-state index in [1.54, 1.807) is 6.07 Å². The first-order valence-corrected chi connectivity index (χ1v) is 22.5. The number of pyridine rings is 1. The maximum Gasteiger partial charge on any atom is 0.121 e. The second-order valence-electron chi connectivity index (χ2n) is 18.6. The second kappa shape index (κ2) is 17.9. The fourth-order valence-electron chi connectivity index (χ4n) is 9.01. The quantitative estimate of drug-likeness (QED) is 0.123. The van der Waals surface area contributed by atoms with Crippen LogP contribution in [0.4, 0.5) is 4.39 Å². The van der Waals surface area contributed by atoms with Crippen molar-refractivity contribution in [1.82, 2.24) is 14.5 Å². The molecule has 0 aliphatic heterocycles. The number of fused-ring (bicyclic) bond motifs is 7. The van der Waals surface area contributed by atoms with E-state index < -0.39 is 0 Å². The summed E-state index contributed by atoms with van der Waals surface area (Å²) >= 11 is 0. The average molecular weight is 1040 g/mol. The van der Waals surface area contributed by atoms with Gasteiger partial charge in [0.25, 0.3) is 0 Å². The van der Waals surface area contributed by atoms with Crippen molar-refractivity contribution in [2.45, 2.75) is 65.7 Å². The minimum absolute atomic E-state index is 0. The Kier molecular flexibility index (Phi) is 12.1. The summed E-state index contributed by atoms with van der Waals surface area (Å²) in [5, 5.41) is 7.02. The number of nitrogens with zero attached hydrogens (tertiary/aromatic N) is 3. The van der Waals surface area contributed by atoms with Crippen molar-refractivity contribution < 1.29 is 28.9 Å². The van der Waals surface area contributed by atoms with E-state index in [-0.39, 0.29) is 43.2 Å². The Morgan fingerprint density at radius 1 is 0.636 bits per heavy atom. The van der Waals surface area contributed by atoms with Gasteiger partial charge < -0.3 is 14.0 Å². The van der Waals surface area contributed by atoms with E-state index >= 15 is 0 Å². The Morgan fingerprint density at radius 2 is 1.35 bits per heavy atom. The number of hydrogen-bond acceptors (Lipinski definition) is 3. The molecule has 0 aliphatic rings. The smallest absolute Gasteiger partial charge is 0.121 e. The van der Waals surface area contributed by atoms with Gasteiger partial charge in [0.05, 0.1) is 22.4 Å². The number of benzene rings is 8. The molecule has 3 aromatic heterocycles. The molecule has 0 N–H and O–H groups in total. The predicted molar refractivity (Wildman–Crippen MR) is 268 cm³/mol. The largest absolute Gasteiger partial charge is 0.501 e. The van der Waals surface area contributed by atoms with E-state index in [1.807, 2.05) is 18.3 Å². The molecule has 3 heterocycles. The van der Waals surface area contributed by atoms with Crippen LogP contribution in [0.5, 0.6) is 0 Å². The van der Waals surface area contributed by atoms with Gasteiger partial charge in [0.2, 0.25) is 0 Å². The van der Waals surface area contributed by atoms with E-state index in [2.05, 4.69) is 198 Å². The van der Waals surface area contributed by atoms with Gasteiger partial charge in [-0.2, -0.15) is 0 Å². The Hall–Kier alpha value is -6.72. The van der Waals surface area contributed by atoms with Crippen LogP contribution in [0.2, 0.25) is 0 Å². The molecule has 8 aromatic carbocycles. The zero-order valence-electron chi connectivity index (χ0n) is 38.2. The summed E-state index contributed by atoms with van der Waals surface area (Å²) < 4.78 is 22.0. The molecule has 6 heteroatoms. The SMILES string of the molecule is CC(C)(C)c1ccc(-c2[c-]cc(F)cc2)nc1.CC(C)c1cc(-c2ccccc2)cc(C(C)C)c1-n1c(-c2[c-]ccc3c2oc2cc4c(ccc5ccccc54)cc23)nc2ccccc21.[Ir]. The number of aromatic nitrogens is 3. The summed E-state index contributed by atoms with van der Waals surface area (Å²) in [5.41, 5.74) is 13.7. The predicted octanol–water partition coefficient (Wildman–Crippen LogP) is 16.6. The van der Waals surface area contributed by atoms with E-state index in [0.717, 1.165) is 55.6 Å². The maximum absolute atomic E-state index is 12.8. The van der Waals surface area contributed by atoms with Crippen molar-refractivity contribution in [3.8, 4) is 39.5 Å². The van der Waals surface area contributed by atoms with Crippen LogP contribution < -0.4 is 0 Å². The molecule has 11 aromatic rings. The Morgan fingerprint density at radius 3 is 2.05 bits per heavy atom. The van der Waals surface area contributed by atoms with Crippen LogP contribution >= 0.6 is 0 Å². The molecule has 0 atom stereocenters. The van der Waals surface area contributed by atoms with Crippen molar-refractivity contribution in [2.75, 3.05) is 0 Å². The molecule has 66 heavy (non-hydrogen) atoms. The van der Waals surface area contributed by atoms with E-state index in [9.17, 15) is 4.39 Å². The summed E-state index contributed by atoms with van der Waals surface area (Å²) in [6.45, 7) is 15.6. The van der Waals surface area contributed by atoms with Crippen LogP contribution in [-0.4, -0.2) is 14.5 Å². The third kappa shape index (κ3) is 8.25. The van der Waals surface area contributed by atoms with Crippen LogP contribution in [0.25, 0.3) is 94.0 Å². The van der Waals surface area contributed by atoms with Gasteiger partial charge in [-0.15, -0.1) is 48.0 Å². The summed E-state index contributed by atoms with van der Waals surface area (Å²) in [6, 6.07) is 60.4. The van der Waals surface area contributed by atoms with Crippen molar-refractivity contribution in [2.24, 2.45) is 0 Å². The minimum atomic E-state index is -0.278. The minimum Gasteiger partial charge on any atom is -0.501 e. The number of para-hydroxylation sites is 2. The van der Waals surface area contributed by atoms with Crippen molar-refractivity contribution in [3.05, 3.63) is 199 Å². The number of rotatable bonds is 6. The molecule has 11 rings (SSSR count). The zero-order valence-corrected chi connectivity index (χ0v) is 40.6. The molecule has 0 spiro atoms. The molecule has 0 aliphatic carbocycles. The first-order valence-electron chi connectivity index (χ1n) is 22.5. The number of hydrogen-bond donors (Lipinski definition) is 0. The standard InChI is InChI=1S/C45H35N2O.C15H15FN.Ir/c1-27(2)36-24-32(29-13-6-5-7-14-29)25-37(28(3)4)43(36)47-41-20-11-10-19-40(41)46-45(47)35-18-12-17-34-39-23-31-22-21-30-15-8-9-16-33(30)38(31)26-42(39)48-44(34)35;1-15(2,3)12-6-9-14(17-10-12)11-4-7-13(16)8-5-11;/h5-17,19-28H,1-4H3;4,6-10H,1-3H3;/q2*-1;. The van der Waals surface area contributed by atoms with E-state index in [4.69, 9.17) is 9.40 Å². The normalized spacial score (nSPS) is 11.8. The Balaban J connectivity index is 0.000000257. The van der Waals surface area contributed by atoms with Gasteiger partial charge in [0.1, 0.15) is 5.58 Å². The fraction of sp³-hybridized carbons (Fsp3) is 0.167. The Labute approximate surface area is 399 Å². The van der Waals surface area contributed by atoms with Crippen molar-refractivity contribution in [3.63, 3.8) is 0 Å². The summed E-state index contributed by atoms with van der Waals surface area (Å²) in [4.78, 5) is 9.72. The van der Waals surface area contributed by atoms with Gasteiger partial charge >= 0.3 is 0 Å². The van der Waals surface area contributed by atoms with Crippen LogP contribution in [0, 0.1) is 17.9 Å². The second-order valence-corrected chi connectivity index (χ2v) is 18.6. The van der Waals surface area contributed by atoms with Crippen LogP contribution in [0.3, 0.4) is 0 Å². The van der Waals surface area contributed by atoms with Crippen molar-refractivity contribution >= 4 is 54.5 Å². The molecular formula is C60H50FIrN3O-2. The summed E-state index contributed by atoms with van der Waals surface area (Å²) in [6.07, 6.45) is 1.87. The molecule has 0 bridgehead atoms. The Bertz CT molecular complexity index is 3500. The third-order valence-electron chi connectivity index (χ3n) is 12.5. The number of furan rings is 1. The van der Waals surface area contributed by atoms with Crippen molar-refractivity contribution in [1.29, 1.82) is 0 Å². The van der Waals surface area contributed by atoms with Crippen LogP contribution in [-0.2, 0) is 25.5 Å². The first-order chi connectivity index (χ1) is 31.4. The van der Waals surface area contributed by atoms with Gasteiger partial charge in [0.15, 0.2) is 0 Å². The maximum atomic E-state index is 12.8.